The molecule has 0 spiro atoms. The lowest BCUT2D eigenvalue weighted by Crippen LogP contribution is -2.27. The molecule has 1 aromatic rings. The van der Waals surface area contributed by atoms with Crippen LogP contribution in [0, 0.1) is 5.92 Å². The van der Waals surface area contributed by atoms with E-state index in [0.717, 1.165) is 26.1 Å². The van der Waals surface area contributed by atoms with Gasteiger partial charge >= 0.3 is 0 Å². The summed E-state index contributed by atoms with van der Waals surface area (Å²) in [6, 6.07) is 4.24. The fourth-order valence-electron chi connectivity index (χ4n) is 2.27. The zero-order valence-corrected chi connectivity index (χ0v) is 11.8. The van der Waals surface area contributed by atoms with Crippen LogP contribution in [0.1, 0.15) is 12.1 Å². The van der Waals surface area contributed by atoms with E-state index in [4.69, 9.17) is 4.74 Å². The van der Waals surface area contributed by atoms with Gasteiger partial charge in [0.1, 0.15) is 6.61 Å². The van der Waals surface area contributed by atoms with E-state index < -0.39 is 0 Å². The van der Waals surface area contributed by atoms with E-state index >= 15 is 0 Å². The summed E-state index contributed by atoms with van der Waals surface area (Å²) in [7, 11) is 3.49. The third-order valence-electron chi connectivity index (χ3n) is 3.51. The number of amides is 1. The molecular weight excluding hydrogens is 242 g/mol. The molecule has 1 aromatic heterocycles. The third-order valence-corrected chi connectivity index (χ3v) is 3.51. The summed E-state index contributed by atoms with van der Waals surface area (Å²) in [4.78, 5) is 12.9. The zero-order valence-electron chi connectivity index (χ0n) is 11.8. The van der Waals surface area contributed by atoms with E-state index in [2.05, 4.69) is 28.2 Å². The highest BCUT2D eigenvalue weighted by molar-refractivity contribution is 5.76. The molecule has 106 valence electrons. The maximum Gasteiger partial charge on any atom is 0.248 e. The highest BCUT2D eigenvalue weighted by Gasteiger charge is 2.15. The molecule has 2 rings (SSSR count). The predicted octanol–water partition coefficient (Wildman–Crippen LogP) is 0.702. The van der Waals surface area contributed by atoms with Gasteiger partial charge in [0.25, 0.3) is 0 Å². The molecule has 1 N–H and O–H groups in total. The maximum absolute atomic E-state index is 11.4. The van der Waals surface area contributed by atoms with E-state index in [1.54, 1.807) is 19.0 Å². The van der Waals surface area contributed by atoms with Crippen LogP contribution in [0.3, 0.4) is 0 Å². The van der Waals surface area contributed by atoms with Crippen molar-refractivity contribution < 1.29 is 9.53 Å². The Labute approximate surface area is 114 Å². The maximum atomic E-state index is 11.4. The van der Waals surface area contributed by atoms with Gasteiger partial charge in [-0.25, -0.2) is 0 Å². The minimum atomic E-state index is 0.0201. The molecule has 1 aliphatic heterocycles. The second-order valence-corrected chi connectivity index (χ2v) is 5.28. The molecule has 0 bridgehead atoms. The molecule has 0 unspecified atom stereocenters. The predicted molar refractivity (Wildman–Crippen MR) is 73.8 cm³/mol. The lowest BCUT2D eigenvalue weighted by Gasteiger charge is -2.16. The average Bonchev–Trinajstić information content (AvgIpc) is 2.72. The third kappa shape index (κ3) is 4.08. The lowest BCUT2D eigenvalue weighted by molar-refractivity contribution is -0.133. The standard InChI is InChI=1S/C14H23N3O2/c1-16(2)14(18)11-19-7-5-12-8-15-9-13-4-3-6-17(13)10-12/h3-4,6,12,15H,5,7-11H2,1-2H3/t12-/m0/s1. The Morgan fingerprint density at radius 2 is 2.42 bits per heavy atom. The average molecular weight is 265 g/mol. The van der Waals surface area contributed by atoms with Gasteiger partial charge in [-0.1, -0.05) is 0 Å². The van der Waals surface area contributed by atoms with Gasteiger partial charge in [-0.15, -0.1) is 0 Å². The van der Waals surface area contributed by atoms with Crippen molar-refractivity contribution >= 4 is 5.91 Å². The van der Waals surface area contributed by atoms with Crippen molar-refractivity contribution in [2.24, 2.45) is 5.92 Å². The van der Waals surface area contributed by atoms with Gasteiger partial charge in [0, 0.05) is 52.2 Å². The van der Waals surface area contributed by atoms with Crippen molar-refractivity contribution in [3.05, 3.63) is 24.0 Å². The van der Waals surface area contributed by atoms with Crippen LogP contribution in [0.25, 0.3) is 0 Å². The molecule has 0 aliphatic carbocycles. The number of hydrogen-bond donors (Lipinski definition) is 1. The first-order valence-electron chi connectivity index (χ1n) is 6.79. The van der Waals surface area contributed by atoms with Gasteiger partial charge in [-0.05, 0) is 24.5 Å². The molecule has 1 atom stereocenters. The Bertz CT molecular complexity index is 415. The Balaban J connectivity index is 1.71. The number of carbonyl (C=O) groups excluding carboxylic acids is 1. The van der Waals surface area contributed by atoms with Crippen LogP contribution in [0.4, 0.5) is 0 Å². The van der Waals surface area contributed by atoms with E-state index in [1.165, 1.54) is 5.69 Å². The van der Waals surface area contributed by atoms with Crippen molar-refractivity contribution in [2.75, 3.05) is 33.9 Å². The number of carbonyl (C=O) groups is 1. The first-order chi connectivity index (χ1) is 9.16. The van der Waals surface area contributed by atoms with Crippen LogP contribution in [0.5, 0.6) is 0 Å². The van der Waals surface area contributed by atoms with Gasteiger partial charge in [0.2, 0.25) is 5.91 Å². The lowest BCUT2D eigenvalue weighted by atomic mass is 10.1. The number of ether oxygens (including phenoxy) is 1. The molecular formula is C14H23N3O2. The Hall–Kier alpha value is -1.33. The molecule has 5 nitrogen and oxygen atoms in total. The molecule has 0 saturated carbocycles. The van der Waals surface area contributed by atoms with E-state index in [0.29, 0.717) is 12.5 Å². The number of likely N-dealkylation sites (N-methyl/N-ethyl adjacent to an activating group) is 1. The first-order valence-corrected chi connectivity index (χ1v) is 6.79. The molecule has 5 heteroatoms. The number of nitrogens with zero attached hydrogens (tertiary/aromatic N) is 2. The number of rotatable bonds is 5. The topological polar surface area (TPSA) is 46.5 Å². The van der Waals surface area contributed by atoms with Gasteiger partial charge in [-0.3, -0.25) is 4.79 Å². The van der Waals surface area contributed by atoms with Crippen LogP contribution in [0.2, 0.25) is 0 Å². The molecule has 0 fully saturated rings. The summed E-state index contributed by atoms with van der Waals surface area (Å²) in [5.41, 5.74) is 1.34. The van der Waals surface area contributed by atoms with Crippen LogP contribution in [-0.2, 0) is 22.6 Å². The Morgan fingerprint density at radius 3 is 3.21 bits per heavy atom. The summed E-state index contributed by atoms with van der Waals surface area (Å²) in [5, 5.41) is 3.46. The molecule has 2 heterocycles. The quantitative estimate of drug-likeness (QED) is 0.797. The second-order valence-electron chi connectivity index (χ2n) is 5.28. The van der Waals surface area contributed by atoms with Crippen molar-refractivity contribution in [3.63, 3.8) is 0 Å². The largest absolute Gasteiger partial charge is 0.372 e. The fraction of sp³-hybridized carbons (Fsp3) is 0.643. The van der Waals surface area contributed by atoms with E-state index in [9.17, 15) is 4.79 Å². The van der Waals surface area contributed by atoms with Gasteiger partial charge in [-0.2, -0.15) is 0 Å². The number of fused-ring (bicyclic) bond motifs is 1. The van der Waals surface area contributed by atoms with Crippen LogP contribution < -0.4 is 5.32 Å². The first kappa shape index (κ1) is 14.1. The van der Waals surface area contributed by atoms with Crippen LogP contribution in [0.15, 0.2) is 18.3 Å². The molecule has 19 heavy (non-hydrogen) atoms. The van der Waals surface area contributed by atoms with Gasteiger partial charge in [0.05, 0.1) is 0 Å². The van der Waals surface area contributed by atoms with Crippen molar-refractivity contribution in [1.82, 2.24) is 14.8 Å². The summed E-state index contributed by atoms with van der Waals surface area (Å²) >= 11 is 0. The highest BCUT2D eigenvalue weighted by atomic mass is 16.5. The minimum absolute atomic E-state index is 0.0201. The summed E-state index contributed by atoms with van der Waals surface area (Å²) in [5.74, 6) is 0.579. The van der Waals surface area contributed by atoms with Crippen molar-refractivity contribution in [2.45, 2.75) is 19.5 Å². The summed E-state index contributed by atoms with van der Waals surface area (Å²) in [6.07, 6.45) is 3.11. The molecule has 0 aromatic carbocycles. The molecule has 1 aliphatic rings. The molecule has 0 saturated heterocycles. The second kappa shape index (κ2) is 6.73. The minimum Gasteiger partial charge on any atom is -0.372 e. The van der Waals surface area contributed by atoms with Crippen LogP contribution in [-0.4, -0.2) is 49.2 Å². The van der Waals surface area contributed by atoms with Crippen LogP contribution >= 0.6 is 0 Å². The van der Waals surface area contributed by atoms with E-state index in [-0.39, 0.29) is 12.5 Å². The summed E-state index contributed by atoms with van der Waals surface area (Å²) < 4.78 is 7.74. The molecule has 0 radical (unpaired) electrons. The zero-order chi connectivity index (χ0) is 13.7. The molecule has 1 amide bonds. The SMILES string of the molecule is CN(C)C(=O)COCC[C@H]1CNCc2cccn2C1. The Morgan fingerprint density at radius 1 is 1.58 bits per heavy atom. The summed E-state index contributed by atoms with van der Waals surface area (Å²) in [6.45, 7) is 3.79. The fourth-order valence-corrected chi connectivity index (χ4v) is 2.27. The smallest absolute Gasteiger partial charge is 0.248 e. The number of aromatic nitrogens is 1. The van der Waals surface area contributed by atoms with Gasteiger partial charge < -0.3 is 19.5 Å². The van der Waals surface area contributed by atoms with E-state index in [1.807, 2.05) is 0 Å². The number of hydrogen-bond acceptors (Lipinski definition) is 3. The highest BCUT2D eigenvalue weighted by Crippen LogP contribution is 2.13. The monoisotopic (exact) mass is 265 g/mol. The normalized spacial score (nSPS) is 18.7. The number of nitrogens with one attached hydrogen (secondary N) is 1. The van der Waals surface area contributed by atoms with Crippen molar-refractivity contribution in [3.8, 4) is 0 Å². The van der Waals surface area contributed by atoms with Gasteiger partial charge in [0.15, 0.2) is 0 Å². The van der Waals surface area contributed by atoms with Crippen molar-refractivity contribution in [1.29, 1.82) is 0 Å². The Kier molecular flexibility index (Phi) is 4.99.